The Morgan fingerprint density at radius 1 is 0.897 bits per heavy atom. The van der Waals surface area contributed by atoms with Gasteiger partial charge in [0.15, 0.2) is 17.3 Å². The second-order valence-electron chi connectivity index (χ2n) is 7.12. The zero-order chi connectivity index (χ0) is 21.1. The van der Waals surface area contributed by atoms with Gasteiger partial charge in [0.1, 0.15) is 0 Å². The molecule has 0 bridgehead atoms. The molecule has 0 unspecified atom stereocenters. The van der Waals surface area contributed by atoms with Crippen molar-refractivity contribution in [1.82, 2.24) is 9.97 Å². The SMILES string of the molecule is COc1cc(Br)c(/C=C2\CCC/C(=C\c3nc(C)c(C)nc3C)C2=O)cc1OC. The molecule has 29 heavy (non-hydrogen) atoms. The largest absolute Gasteiger partial charge is 0.493 e. The van der Waals surface area contributed by atoms with E-state index in [1.165, 1.54) is 0 Å². The van der Waals surface area contributed by atoms with Gasteiger partial charge in [-0.3, -0.25) is 9.78 Å². The summed E-state index contributed by atoms with van der Waals surface area (Å²) in [5.74, 6) is 1.33. The number of hydrogen-bond acceptors (Lipinski definition) is 5. The number of ketones is 1. The van der Waals surface area contributed by atoms with Crippen molar-refractivity contribution in [3.05, 3.63) is 56.1 Å². The van der Waals surface area contributed by atoms with E-state index in [0.29, 0.717) is 11.5 Å². The maximum absolute atomic E-state index is 13.1. The van der Waals surface area contributed by atoms with Crippen molar-refractivity contribution in [2.45, 2.75) is 40.0 Å². The average molecular weight is 457 g/mol. The highest BCUT2D eigenvalue weighted by Crippen LogP contribution is 2.36. The zero-order valence-electron chi connectivity index (χ0n) is 17.4. The number of hydrogen-bond donors (Lipinski definition) is 0. The van der Waals surface area contributed by atoms with E-state index in [4.69, 9.17) is 9.47 Å². The van der Waals surface area contributed by atoms with E-state index in [9.17, 15) is 4.79 Å². The molecule has 0 aliphatic heterocycles. The lowest BCUT2D eigenvalue weighted by Gasteiger charge is -2.17. The van der Waals surface area contributed by atoms with Crippen LogP contribution in [0.5, 0.6) is 11.5 Å². The van der Waals surface area contributed by atoms with E-state index in [1.54, 1.807) is 14.2 Å². The Balaban J connectivity index is 1.97. The highest BCUT2D eigenvalue weighted by molar-refractivity contribution is 9.10. The number of halogens is 1. The Morgan fingerprint density at radius 2 is 1.48 bits per heavy atom. The first-order valence-electron chi connectivity index (χ1n) is 9.53. The monoisotopic (exact) mass is 456 g/mol. The van der Waals surface area contributed by atoms with Crippen LogP contribution in [0.3, 0.4) is 0 Å². The Hall–Kier alpha value is -2.47. The summed E-state index contributed by atoms with van der Waals surface area (Å²) in [5, 5.41) is 0. The number of rotatable bonds is 4. The molecule has 0 N–H and O–H groups in total. The Labute approximate surface area is 180 Å². The maximum atomic E-state index is 13.1. The topological polar surface area (TPSA) is 61.3 Å². The van der Waals surface area contributed by atoms with Gasteiger partial charge in [0.05, 0.1) is 37.0 Å². The predicted octanol–water partition coefficient (Wildman–Crippen LogP) is 5.40. The van der Waals surface area contributed by atoms with Gasteiger partial charge < -0.3 is 9.47 Å². The molecule has 0 spiro atoms. The van der Waals surface area contributed by atoms with Crippen LogP contribution in [-0.2, 0) is 4.79 Å². The Bertz CT molecular complexity index is 1030. The van der Waals surface area contributed by atoms with Gasteiger partial charge in [-0.1, -0.05) is 15.9 Å². The second kappa shape index (κ2) is 8.91. The highest BCUT2D eigenvalue weighted by Gasteiger charge is 2.22. The molecule has 1 heterocycles. The number of aryl methyl sites for hydroxylation is 3. The first-order valence-corrected chi connectivity index (χ1v) is 10.3. The molecular formula is C23H25BrN2O3. The van der Waals surface area contributed by atoms with Gasteiger partial charge >= 0.3 is 0 Å². The molecule has 0 amide bonds. The Kier molecular flexibility index (Phi) is 6.52. The number of benzene rings is 1. The second-order valence-corrected chi connectivity index (χ2v) is 7.97. The molecule has 1 fully saturated rings. The quantitative estimate of drug-likeness (QED) is 0.576. The van der Waals surface area contributed by atoms with Crippen LogP contribution in [0.25, 0.3) is 12.2 Å². The molecule has 6 heteroatoms. The van der Waals surface area contributed by atoms with Gasteiger partial charge in [0.25, 0.3) is 0 Å². The molecule has 1 saturated carbocycles. The van der Waals surface area contributed by atoms with Crippen molar-refractivity contribution in [1.29, 1.82) is 0 Å². The van der Waals surface area contributed by atoms with Gasteiger partial charge in [-0.25, -0.2) is 4.98 Å². The third-order valence-corrected chi connectivity index (χ3v) is 5.82. The first kappa shape index (κ1) is 21.2. The lowest BCUT2D eigenvalue weighted by atomic mass is 9.87. The molecule has 1 aromatic heterocycles. The van der Waals surface area contributed by atoms with Crippen LogP contribution >= 0.6 is 15.9 Å². The fourth-order valence-corrected chi connectivity index (χ4v) is 3.82. The summed E-state index contributed by atoms with van der Waals surface area (Å²) in [6.07, 6.45) is 6.24. The van der Waals surface area contributed by atoms with Gasteiger partial charge in [0, 0.05) is 15.6 Å². The van der Waals surface area contributed by atoms with Crippen LogP contribution in [-0.4, -0.2) is 30.0 Å². The molecule has 2 aromatic rings. The summed E-state index contributed by atoms with van der Waals surface area (Å²) in [6, 6.07) is 3.73. The lowest BCUT2D eigenvalue weighted by molar-refractivity contribution is -0.112. The number of aromatic nitrogens is 2. The lowest BCUT2D eigenvalue weighted by Crippen LogP contribution is -2.13. The zero-order valence-corrected chi connectivity index (χ0v) is 19.0. The van der Waals surface area contributed by atoms with Crippen molar-refractivity contribution >= 4 is 33.9 Å². The van der Waals surface area contributed by atoms with Gasteiger partial charge in [0.2, 0.25) is 0 Å². The minimum absolute atomic E-state index is 0.0670. The molecule has 1 aliphatic rings. The first-order chi connectivity index (χ1) is 13.8. The van der Waals surface area contributed by atoms with Crippen LogP contribution < -0.4 is 9.47 Å². The smallest absolute Gasteiger partial charge is 0.185 e. The minimum atomic E-state index is 0.0670. The number of ether oxygens (including phenoxy) is 2. The highest BCUT2D eigenvalue weighted by atomic mass is 79.9. The van der Waals surface area contributed by atoms with Crippen molar-refractivity contribution in [2.75, 3.05) is 14.2 Å². The van der Waals surface area contributed by atoms with Crippen molar-refractivity contribution in [3.8, 4) is 11.5 Å². The Morgan fingerprint density at radius 3 is 2.14 bits per heavy atom. The maximum Gasteiger partial charge on any atom is 0.185 e. The van der Waals surface area contributed by atoms with E-state index in [2.05, 4.69) is 25.9 Å². The summed E-state index contributed by atoms with van der Waals surface area (Å²) < 4.78 is 11.6. The molecule has 0 radical (unpaired) electrons. The van der Waals surface area contributed by atoms with Crippen molar-refractivity contribution < 1.29 is 14.3 Å². The van der Waals surface area contributed by atoms with Crippen molar-refractivity contribution in [2.24, 2.45) is 0 Å². The normalized spacial score (nSPS) is 17.1. The van der Waals surface area contributed by atoms with E-state index in [1.807, 2.05) is 45.1 Å². The summed E-state index contributed by atoms with van der Waals surface area (Å²) in [5.41, 5.74) is 5.85. The standard InChI is InChI=1S/C23H25BrN2O3/c1-13-14(2)26-20(15(3)25-13)10-17-8-6-7-16(23(17)27)9-18-11-21(28-4)22(29-5)12-19(18)24/h9-12H,6-8H2,1-5H3/b16-9+,17-10+. The average Bonchev–Trinajstić information content (AvgIpc) is 2.70. The molecule has 1 aliphatic carbocycles. The minimum Gasteiger partial charge on any atom is -0.493 e. The molecule has 0 saturated heterocycles. The van der Waals surface area contributed by atoms with Crippen LogP contribution in [0, 0.1) is 20.8 Å². The van der Waals surface area contributed by atoms with E-state index < -0.39 is 0 Å². The summed E-state index contributed by atoms with van der Waals surface area (Å²) in [6.45, 7) is 5.81. The predicted molar refractivity (Wildman–Crippen MR) is 118 cm³/mol. The van der Waals surface area contributed by atoms with Gasteiger partial charge in [-0.05, 0) is 69.9 Å². The number of carbonyl (C=O) groups is 1. The molecule has 1 aromatic carbocycles. The molecule has 0 atom stereocenters. The number of carbonyl (C=O) groups excluding carboxylic acids is 1. The molecular weight excluding hydrogens is 432 g/mol. The van der Waals surface area contributed by atoms with Crippen molar-refractivity contribution in [3.63, 3.8) is 0 Å². The third-order valence-electron chi connectivity index (χ3n) is 5.14. The third kappa shape index (κ3) is 4.58. The number of allylic oxidation sites excluding steroid dienone is 2. The number of methoxy groups -OCH3 is 2. The summed E-state index contributed by atoms with van der Waals surface area (Å²) >= 11 is 3.57. The van der Waals surface area contributed by atoms with Gasteiger partial charge in [-0.2, -0.15) is 0 Å². The van der Waals surface area contributed by atoms with Crippen LogP contribution in [0.1, 0.15) is 47.6 Å². The summed E-state index contributed by atoms with van der Waals surface area (Å²) in [4.78, 5) is 22.3. The molecule has 5 nitrogen and oxygen atoms in total. The van der Waals surface area contributed by atoms with Crippen LogP contribution in [0.15, 0.2) is 27.8 Å². The summed E-state index contributed by atoms with van der Waals surface area (Å²) in [7, 11) is 3.20. The number of nitrogens with zero attached hydrogens (tertiary/aromatic N) is 2. The number of Topliss-reactive ketones (excluding diaryl/α,β-unsaturated/α-hetero) is 1. The fraction of sp³-hybridized carbons (Fsp3) is 0.348. The molecule has 3 rings (SSSR count). The van der Waals surface area contributed by atoms with E-state index >= 15 is 0 Å². The van der Waals surface area contributed by atoms with Crippen LogP contribution in [0.2, 0.25) is 0 Å². The van der Waals surface area contributed by atoms with E-state index in [0.717, 1.165) is 63.2 Å². The van der Waals surface area contributed by atoms with Crippen LogP contribution in [0.4, 0.5) is 0 Å². The molecule has 152 valence electrons. The van der Waals surface area contributed by atoms with E-state index in [-0.39, 0.29) is 5.78 Å². The van der Waals surface area contributed by atoms with Gasteiger partial charge in [-0.15, -0.1) is 0 Å². The fourth-order valence-electron chi connectivity index (χ4n) is 3.38.